The van der Waals surface area contributed by atoms with E-state index in [1.54, 1.807) is 29.9 Å². The molecule has 0 unspecified atom stereocenters. The molecule has 0 aliphatic carbocycles. The lowest BCUT2D eigenvalue weighted by Gasteiger charge is -2.03. The number of hydrogen-bond donors (Lipinski definition) is 1. The number of furan rings is 1. The largest absolute Gasteiger partial charge is 0.463 e. The van der Waals surface area contributed by atoms with Crippen LogP contribution in [0.1, 0.15) is 10.4 Å². The molecule has 0 atom stereocenters. The molecule has 1 amide bonds. The highest BCUT2D eigenvalue weighted by Gasteiger charge is 2.02. The molecule has 3 aromatic rings. The van der Waals surface area contributed by atoms with Gasteiger partial charge in [-0.1, -0.05) is 12.1 Å². The molecule has 22 heavy (non-hydrogen) atoms. The maximum atomic E-state index is 11.7. The zero-order valence-corrected chi connectivity index (χ0v) is 12.5. The molecule has 0 aliphatic heterocycles. The zero-order valence-electron chi connectivity index (χ0n) is 11.7. The number of thiophene rings is 1. The number of hydrogen-bond acceptors (Lipinski definition) is 4. The summed E-state index contributed by atoms with van der Waals surface area (Å²) in [5, 5.41) is 4.81. The van der Waals surface area contributed by atoms with E-state index < -0.39 is 0 Å². The number of nitrogens with one attached hydrogen (secondary N) is 1. The van der Waals surface area contributed by atoms with E-state index in [1.807, 2.05) is 41.8 Å². The number of rotatable bonds is 5. The maximum Gasteiger partial charge on any atom is 0.244 e. The summed E-state index contributed by atoms with van der Waals surface area (Å²) in [6.45, 7) is 0.444. The van der Waals surface area contributed by atoms with Gasteiger partial charge in [0.05, 0.1) is 6.26 Å². The van der Waals surface area contributed by atoms with Crippen molar-refractivity contribution in [3.63, 3.8) is 0 Å². The van der Waals surface area contributed by atoms with Crippen molar-refractivity contribution in [1.82, 2.24) is 10.3 Å². The Bertz CT molecular complexity index is 745. The Morgan fingerprint density at radius 2 is 2.23 bits per heavy atom. The van der Waals surface area contributed by atoms with Crippen molar-refractivity contribution < 1.29 is 9.21 Å². The van der Waals surface area contributed by atoms with Crippen LogP contribution in [0.2, 0.25) is 0 Å². The Hall–Kier alpha value is -2.66. The van der Waals surface area contributed by atoms with E-state index in [0.717, 1.165) is 21.9 Å². The molecule has 110 valence electrons. The predicted molar refractivity (Wildman–Crippen MR) is 87.1 cm³/mol. The summed E-state index contributed by atoms with van der Waals surface area (Å²) in [4.78, 5) is 17.1. The van der Waals surface area contributed by atoms with E-state index in [1.165, 1.54) is 6.08 Å². The van der Waals surface area contributed by atoms with Crippen LogP contribution in [0, 0.1) is 0 Å². The molecule has 3 rings (SSSR count). The lowest BCUT2D eigenvalue weighted by molar-refractivity contribution is -0.116. The van der Waals surface area contributed by atoms with Crippen LogP contribution in [0.3, 0.4) is 0 Å². The van der Waals surface area contributed by atoms with Crippen LogP contribution in [0.25, 0.3) is 17.5 Å². The molecular weight excluding hydrogens is 296 g/mol. The highest BCUT2D eigenvalue weighted by atomic mass is 32.1. The number of nitrogens with zero attached hydrogens (tertiary/aromatic N) is 1. The minimum Gasteiger partial charge on any atom is -0.463 e. The molecule has 0 fully saturated rings. The molecular formula is C17H14N2O2S. The Labute approximate surface area is 132 Å². The van der Waals surface area contributed by atoms with Gasteiger partial charge in [0.15, 0.2) is 5.76 Å². The van der Waals surface area contributed by atoms with Gasteiger partial charge in [0.2, 0.25) is 5.91 Å². The van der Waals surface area contributed by atoms with Crippen molar-refractivity contribution in [1.29, 1.82) is 0 Å². The normalized spacial score (nSPS) is 10.9. The van der Waals surface area contributed by atoms with Crippen molar-refractivity contribution in [3.8, 4) is 11.5 Å². The third kappa shape index (κ3) is 3.71. The summed E-state index contributed by atoms with van der Waals surface area (Å²) in [5.74, 6) is 0.609. The molecule has 0 aliphatic rings. The third-order valence-corrected chi connectivity index (χ3v) is 3.84. The Morgan fingerprint density at radius 3 is 2.91 bits per heavy atom. The fourth-order valence-electron chi connectivity index (χ4n) is 1.89. The van der Waals surface area contributed by atoms with Crippen molar-refractivity contribution in [2.24, 2.45) is 0 Å². The monoisotopic (exact) mass is 310 g/mol. The van der Waals surface area contributed by atoms with Crippen LogP contribution in [0.4, 0.5) is 0 Å². The fourth-order valence-corrected chi connectivity index (χ4v) is 2.51. The summed E-state index contributed by atoms with van der Waals surface area (Å²) < 4.78 is 5.28. The second-order valence-corrected chi connectivity index (χ2v) is 5.57. The molecule has 0 spiro atoms. The van der Waals surface area contributed by atoms with Gasteiger partial charge in [0.25, 0.3) is 0 Å². The van der Waals surface area contributed by atoms with Gasteiger partial charge in [-0.3, -0.25) is 9.78 Å². The van der Waals surface area contributed by atoms with Gasteiger partial charge < -0.3 is 9.73 Å². The number of carbonyl (C=O) groups excluding carboxylic acids is 1. The van der Waals surface area contributed by atoms with Crippen molar-refractivity contribution >= 4 is 23.3 Å². The van der Waals surface area contributed by atoms with E-state index >= 15 is 0 Å². The summed E-state index contributed by atoms with van der Waals surface area (Å²) in [6.07, 6.45) is 6.70. The van der Waals surface area contributed by atoms with Crippen molar-refractivity contribution in [3.05, 3.63) is 70.8 Å². The number of pyridine rings is 1. The third-order valence-electron chi connectivity index (χ3n) is 3.01. The van der Waals surface area contributed by atoms with Crippen LogP contribution in [-0.4, -0.2) is 10.9 Å². The first-order valence-electron chi connectivity index (χ1n) is 6.79. The second-order valence-electron chi connectivity index (χ2n) is 4.60. The highest BCUT2D eigenvalue weighted by molar-refractivity contribution is 7.10. The quantitative estimate of drug-likeness (QED) is 0.731. The minimum atomic E-state index is -0.122. The average Bonchev–Trinajstić information content (AvgIpc) is 3.24. The van der Waals surface area contributed by atoms with E-state index in [-0.39, 0.29) is 5.91 Å². The molecule has 0 aromatic carbocycles. The summed E-state index contributed by atoms with van der Waals surface area (Å²) in [6, 6.07) is 11.4. The van der Waals surface area contributed by atoms with E-state index in [2.05, 4.69) is 10.3 Å². The first-order chi connectivity index (χ1) is 10.8. The number of aromatic nitrogens is 1. The Balaban J connectivity index is 1.54. The lowest BCUT2D eigenvalue weighted by Crippen LogP contribution is -2.20. The average molecular weight is 310 g/mol. The molecule has 0 bridgehead atoms. The first-order valence-corrected chi connectivity index (χ1v) is 7.67. The van der Waals surface area contributed by atoms with Gasteiger partial charge in [0, 0.05) is 23.7 Å². The molecule has 3 aromatic heterocycles. The van der Waals surface area contributed by atoms with Gasteiger partial charge in [0.1, 0.15) is 5.69 Å². The molecule has 3 heterocycles. The molecule has 0 radical (unpaired) electrons. The predicted octanol–water partition coefficient (Wildman–Crippen LogP) is 3.73. The van der Waals surface area contributed by atoms with Crippen LogP contribution >= 0.6 is 11.3 Å². The van der Waals surface area contributed by atoms with Gasteiger partial charge in [-0.15, -0.1) is 11.3 Å². The van der Waals surface area contributed by atoms with E-state index in [9.17, 15) is 4.79 Å². The van der Waals surface area contributed by atoms with Gasteiger partial charge >= 0.3 is 0 Å². The number of amides is 1. The van der Waals surface area contributed by atoms with Crippen LogP contribution in [-0.2, 0) is 11.3 Å². The molecule has 5 heteroatoms. The van der Waals surface area contributed by atoms with E-state index in [4.69, 9.17) is 4.42 Å². The Kier molecular flexibility index (Phi) is 4.46. The van der Waals surface area contributed by atoms with Gasteiger partial charge in [-0.2, -0.15) is 0 Å². The SMILES string of the molecule is O=C(C=Cc1cccs1)NCc1ccc(-c2ccco2)nc1. The van der Waals surface area contributed by atoms with Crippen molar-refractivity contribution in [2.75, 3.05) is 0 Å². The highest BCUT2D eigenvalue weighted by Crippen LogP contribution is 2.17. The topological polar surface area (TPSA) is 55.1 Å². The minimum absolute atomic E-state index is 0.122. The standard InChI is InChI=1S/C17H14N2O2S/c20-17(8-6-14-3-2-10-22-14)19-12-13-5-7-15(18-11-13)16-4-1-9-21-16/h1-11H,12H2,(H,19,20). The zero-order chi connectivity index (χ0) is 15.2. The first kappa shape index (κ1) is 14.3. The Morgan fingerprint density at radius 1 is 1.27 bits per heavy atom. The second kappa shape index (κ2) is 6.87. The van der Waals surface area contributed by atoms with E-state index in [0.29, 0.717) is 6.54 Å². The molecule has 4 nitrogen and oxygen atoms in total. The van der Waals surface area contributed by atoms with Crippen LogP contribution in [0.15, 0.2) is 64.7 Å². The van der Waals surface area contributed by atoms with Crippen LogP contribution < -0.4 is 5.32 Å². The molecule has 0 saturated heterocycles. The summed E-state index contributed by atoms with van der Waals surface area (Å²) >= 11 is 1.59. The van der Waals surface area contributed by atoms with Gasteiger partial charge in [-0.25, -0.2) is 0 Å². The molecule has 1 N–H and O–H groups in total. The molecule has 0 saturated carbocycles. The fraction of sp³-hybridized carbons (Fsp3) is 0.0588. The smallest absolute Gasteiger partial charge is 0.244 e. The summed E-state index contributed by atoms with van der Waals surface area (Å²) in [7, 11) is 0. The van der Waals surface area contributed by atoms with Crippen LogP contribution in [0.5, 0.6) is 0 Å². The number of carbonyl (C=O) groups is 1. The lowest BCUT2D eigenvalue weighted by atomic mass is 10.2. The van der Waals surface area contributed by atoms with Crippen molar-refractivity contribution in [2.45, 2.75) is 6.54 Å². The maximum absolute atomic E-state index is 11.7. The van der Waals surface area contributed by atoms with Gasteiger partial charge in [-0.05, 0) is 41.3 Å². The summed E-state index contributed by atoms with van der Waals surface area (Å²) in [5.41, 5.74) is 1.71.